The molecule has 2 aromatic heterocycles. The van der Waals surface area contributed by atoms with Crippen molar-refractivity contribution in [2.24, 2.45) is 16.9 Å². The number of piperidine rings is 1. The fourth-order valence-electron chi connectivity index (χ4n) is 8.85. The van der Waals surface area contributed by atoms with Gasteiger partial charge in [-0.1, -0.05) is 25.3 Å². The van der Waals surface area contributed by atoms with Crippen LogP contribution >= 0.6 is 0 Å². The third-order valence-electron chi connectivity index (χ3n) is 11.7. The molecule has 3 fully saturated rings. The molecule has 10 heteroatoms. The van der Waals surface area contributed by atoms with Crippen LogP contribution in [-0.4, -0.2) is 73.8 Å². The lowest BCUT2D eigenvalue weighted by molar-refractivity contribution is -0.130. The average molecular weight is 678 g/mol. The summed E-state index contributed by atoms with van der Waals surface area (Å²) in [6.07, 6.45) is 11.4. The quantitative estimate of drug-likeness (QED) is 0.155. The molecule has 7 rings (SSSR count). The van der Waals surface area contributed by atoms with E-state index >= 15 is 0 Å². The molecule has 0 unspecified atom stereocenters. The molecule has 2 aromatic carbocycles. The number of rotatable bonds is 9. The molecule has 0 amide bonds. The molecule has 10 nitrogen and oxygen atoms in total. The van der Waals surface area contributed by atoms with Crippen LogP contribution in [0.5, 0.6) is 5.75 Å². The molecule has 1 saturated heterocycles. The molecule has 50 heavy (non-hydrogen) atoms. The maximum Gasteiger partial charge on any atom is 0.174 e. The first-order chi connectivity index (χ1) is 23.7. The lowest BCUT2D eigenvalue weighted by Gasteiger charge is -2.57. The molecule has 0 atom stereocenters. The number of nitrogens with two attached hydrogens (primary N) is 2. The first-order valence-electron chi connectivity index (χ1n) is 17.9. The number of H-pyrrole nitrogens is 1. The van der Waals surface area contributed by atoms with E-state index in [0.717, 1.165) is 88.8 Å². The SMILES string of the molecule is C=CC(=O)C1(N)CC2(CCC(N)(c3nc(C4CCN(C)CC4)nc4c(OCC(C)(C)O)c(-c5c(C)ccc6[nH]ncc56)c(C=C)cc34)CC2)C1. The van der Waals surface area contributed by atoms with Gasteiger partial charge in [-0.15, -0.1) is 0 Å². The Balaban J connectivity index is 1.43. The van der Waals surface area contributed by atoms with E-state index in [1.165, 1.54) is 6.08 Å². The molecular formula is C40H51N7O3. The molecule has 264 valence electrons. The number of ketones is 1. The summed E-state index contributed by atoms with van der Waals surface area (Å²) in [5, 5.41) is 20.2. The number of nitrogens with zero attached hydrogens (tertiary/aromatic N) is 4. The van der Waals surface area contributed by atoms with Crippen molar-refractivity contribution >= 4 is 33.7 Å². The molecule has 3 heterocycles. The smallest absolute Gasteiger partial charge is 0.174 e. The molecule has 2 aliphatic carbocycles. The Bertz CT molecular complexity index is 1980. The molecule has 0 bridgehead atoms. The van der Waals surface area contributed by atoms with Crippen molar-refractivity contribution in [1.29, 1.82) is 0 Å². The molecule has 6 N–H and O–H groups in total. The topological polar surface area (TPSA) is 156 Å². The Morgan fingerprint density at radius 1 is 1.10 bits per heavy atom. The number of aryl methyl sites for hydroxylation is 1. The standard InChI is InChI=1S/C40H51N7O3/c1-7-25-19-27-33(34(50-23-37(4,5)49)32(25)31-24(3)9-10-29-28(31)20-43-46-29)44-36(26-11-17-47(6)18-12-26)45-35(27)39(41)15-13-38(14-16-39)21-40(42,22-38)30(48)8-2/h7-10,19-20,26,49H,1-2,11-18,21-23,41-42H2,3-6H3,(H,43,46). The van der Waals surface area contributed by atoms with Gasteiger partial charge in [-0.2, -0.15) is 5.10 Å². The molecule has 3 aliphatic rings. The van der Waals surface area contributed by atoms with Crippen LogP contribution in [0.15, 0.2) is 43.6 Å². The van der Waals surface area contributed by atoms with Crippen LogP contribution in [-0.2, 0) is 10.3 Å². The van der Waals surface area contributed by atoms with Crippen molar-refractivity contribution in [3.8, 4) is 16.9 Å². The normalized spacial score (nSPS) is 26.3. The predicted molar refractivity (Wildman–Crippen MR) is 199 cm³/mol. The lowest BCUT2D eigenvalue weighted by Crippen LogP contribution is -2.64. The summed E-state index contributed by atoms with van der Waals surface area (Å²) >= 11 is 0. The van der Waals surface area contributed by atoms with Crippen LogP contribution in [0.4, 0.5) is 0 Å². The number of aromatic amines is 1. The highest BCUT2D eigenvalue weighted by molar-refractivity contribution is 6.05. The number of likely N-dealkylation sites (tertiary alicyclic amines) is 1. The van der Waals surface area contributed by atoms with Crippen LogP contribution in [0.1, 0.15) is 93.8 Å². The van der Waals surface area contributed by atoms with E-state index in [0.29, 0.717) is 36.9 Å². The number of hydrogen-bond acceptors (Lipinski definition) is 9. The van der Waals surface area contributed by atoms with Crippen molar-refractivity contribution in [1.82, 2.24) is 25.1 Å². The van der Waals surface area contributed by atoms with Gasteiger partial charge in [-0.05, 0) is 133 Å². The average Bonchev–Trinajstić information content (AvgIpc) is 3.55. The van der Waals surface area contributed by atoms with Gasteiger partial charge < -0.3 is 26.2 Å². The molecule has 1 spiro atoms. The highest BCUT2D eigenvalue weighted by Crippen LogP contribution is 2.59. The van der Waals surface area contributed by atoms with Gasteiger partial charge in [-0.3, -0.25) is 9.89 Å². The minimum absolute atomic E-state index is 0.00284. The number of hydrogen-bond donors (Lipinski definition) is 4. The molecule has 0 radical (unpaired) electrons. The molecular weight excluding hydrogens is 626 g/mol. The highest BCUT2D eigenvalue weighted by atomic mass is 16.5. The summed E-state index contributed by atoms with van der Waals surface area (Å²) < 4.78 is 6.72. The van der Waals surface area contributed by atoms with Gasteiger partial charge in [0.15, 0.2) is 11.5 Å². The van der Waals surface area contributed by atoms with Crippen LogP contribution in [0.25, 0.3) is 39.0 Å². The Labute approximate surface area is 294 Å². The fraction of sp³-hybridized carbons (Fsp3) is 0.500. The van der Waals surface area contributed by atoms with Crippen molar-refractivity contribution in [3.05, 3.63) is 66.3 Å². The fourth-order valence-corrected chi connectivity index (χ4v) is 8.85. The van der Waals surface area contributed by atoms with Gasteiger partial charge in [0.1, 0.15) is 17.9 Å². The summed E-state index contributed by atoms with van der Waals surface area (Å²) in [5.74, 6) is 1.46. The Morgan fingerprint density at radius 2 is 1.80 bits per heavy atom. The van der Waals surface area contributed by atoms with Crippen molar-refractivity contribution in [2.75, 3.05) is 26.7 Å². The van der Waals surface area contributed by atoms with E-state index in [9.17, 15) is 9.90 Å². The third kappa shape index (κ3) is 5.96. The zero-order chi connectivity index (χ0) is 35.6. The second-order valence-electron chi connectivity index (χ2n) is 16.2. The van der Waals surface area contributed by atoms with Gasteiger partial charge in [0.25, 0.3) is 0 Å². The maximum absolute atomic E-state index is 12.5. The summed E-state index contributed by atoms with van der Waals surface area (Å²) in [6.45, 7) is 15.5. The van der Waals surface area contributed by atoms with Gasteiger partial charge in [-0.25, -0.2) is 9.97 Å². The third-order valence-corrected chi connectivity index (χ3v) is 11.7. The predicted octanol–water partition coefficient (Wildman–Crippen LogP) is 6.04. The molecule has 4 aromatic rings. The van der Waals surface area contributed by atoms with Crippen LogP contribution in [0.3, 0.4) is 0 Å². The number of nitrogens with one attached hydrogen (secondary N) is 1. The van der Waals surface area contributed by atoms with Crippen molar-refractivity contribution in [3.63, 3.8) is 0 Å². The van der Waals surface area contributed by atoms with Crippen LogP contribution in [0, 0.1) is 12.3 Å². The number of carbonyl (C=O) groups excluding carboxylic acids is 1. The van der Waals surface area contributed by atoms with Gasteiger partial charge in [0.05, 0.1) is 34.1 Å². The zero-order valence-corrected chi connectivity index (χ0v) is 29.9. The molecule has 2 saturated carbocycles. The molecule has 1 aliphatic heterocycles. The minimum Gasteiger partial charge on any atom is -0.488 e. The van der Waals surface area contributed by atoms with E-state index in [-0.39, 0.29) is 23.7 Å². The second-order valence-corrected chi connectivity index (χ2v) is 16.2. The zero-order valence-electron chi connectivity index (χ0n) is 29.9. The summed E-state index contributed by atoms with van der Waals surface area (Å²) in [4.78, 5) is 25.6. The van der Waals surface area contributed by atoms with E-state index in [1.54, 1.807) is 13.8 Å². The van der Waals surface area contributed by atoms with Crippen molar-refractivity contribution in [2.45, 2.75) is 94.7 Å². The number of ether oxygens (including phenoxy) is 1. The van der Waals surface area contributed by atoms with E-state index < -0.39 is 16.7 Å². The minimum atomic E-state index is -1.10. The maximum atomic E-state index is 12.5. The second kappa shape index (κ2) is 12.4. The van der Waals surface area contributed by atoms with Crippen LogP contribution < -0.4 is 16.2 Å². The van der Waals surface area contributed by atoms with E-state index in [1.807, 2.05) is 18.3 Å². The Morgan fingerprint density at radius 3 is 2.44 bits per heavy atom. The number of carbonyl (C=O) groups is 1. The summed E-state index contributed by atoms with van der Waals surface area (Å²) in [5.41, 5.74) is 17.6. The van der Waals surface area contributed by atoms with Crippen molar-refractivity contribution < 1.29 is 14.6 Å². The number of aromatic nitrogens is 4. The van der Waals surface area contributed by atoms with Gasteiger partial charge in [0, 0.05) is 22.3 Å². The van der Waals surface area contributed by atoms with Crippen LogP contribution in [0.2, 0.25) is 0 Å². The first kappa shape index (κ1) is 34.5. The number of aliphatic hydroxyl groups is 1. The Hall–Kier alpha value is -3.96. The van der Waals surface area contributed by atoms with Gasteiger partial charge in [0.2, 0.25) is 0 Å². The highest BCUT2D eigenvalue weighted by Gasteiger charge is 2.58. The van der Waals surface area contributed by atoms with E-state index in [4.69, 9.17) is 26.2 Å². The van der Waals surface area contributed by atoms with E-state index in [2.05, 4.69) is 54.4 Å². The number of benzene rings is 2. The Kier molecular flexibility index (Phi) is 8.53. The monoisotopic (exact) mass is 677 g/mol. The lowest BCUT2D eigenvalue weighted by atomic mass is 9.49. The first-order valence-corrected chi connectivity index (χ1v) is 17.9. The summed E-state index contributed by atoms with van der Waals surface area (Å²) in [7, 11) is 2.15. The largest absolute Gasteiger partial charge is 0.488 e. The summed E-state index contributed by atoms with van der Waals surface area (Å²) in [6, 6.07) is 6.23. The number of fused-ring (bicyclic) bond motifs is 2. The van der Waals surface area contributed by atoms with Gasteiger partial charge >= 0.3 is 0 Å².